The average Bonchev–Trinajstić information content (AvgIpc) is 3.28. The molecule has 4 aromatic rings. The van der Waals surface area contributed by atoms with E-state index in [-0.39, 0.29) is 28.8 Å². The molecule has 4 rings (SSSR count). The number of nitrogens with zero attached hydrogens (tertiary/aromatic N) is 4. The smallest absolute Gasteiger partial charge is 0.337 e. The van der Waals surface area contributed by atoms with E-state index in [2.05, 4.69) is 15.1 Å². The summed E-state index contributed by atoms with van der Waals surface area (Å²) in [5.74, 6) is -0.165. The molecule has 0 unspecified atom stereocenters. The van der Waals surface area contributed by atoms with Crippen molar-refractivity contribution in [2.45, 2.75) is 32.7 Å². The normalized spacial score (nSPS) is 12.0. The van der Waals surface area contributed by atoms with Crippen LogP contribution in [0.3, 0.4) is 0 Å². The van der Waals surface area contributed by atoms with Crippen molar-refractivity contribution in [1.29, 1.82) is 0 Å². The summed E-state index contributed by atoms with van der Waals surface area (Å²) in [6.45, 7) is 2.94. The van der Waals surface area contributed by atoms with E-state index in [0.29, 0.717) is 29.1 Å². The Morgan fingerprint density at radius 3 is 2.11 bits per heavy atom. The van der Waals surface area contributed by atoms with Crippen molar-refractivity contribution in [2.24, 2.45) is 0 Å². The number of amides is 1. The standard InChI is InChI=1S/C26H20F6N4O2/c1-14-6-4-5-7-19(14)20-11-22(23-34-15(2)35-38-23)33-12-21(20)24(37)36(3)13-16-8-17(25(27,28)29)10-18(9-16)26(30,31)32/h4-12H,13H2,1-3H3. The van der Waals surface area contributed by atoms with Crippen molar-refractivity contribution in [2.75, 3.05) is 7.05 Å². The van der Waals surface area contributed by atoms with Crippen LogP contribution < -0.4 is 0 Å². The number of hydrogen-bond donors (Lipinski definition) is 0. The van der Waals surface area contributed by atoms with E-state index in [0.717, 1.165) is 10.5 Å². The van der Waals surface area contributed by atoms with Crippen LogP contribution in [0, 0.1) is 13.8 Å². The number of rotatable bonds is 5. The minimum Gasteiger partial charge on any atom is -0.337 e. The van der Waals surface area contributed by atoms with Crippen LogP contribution in [0.15, 0.2) is 59.3 Å². The number of carbonyl (C=O) groups is 1. The second-order valence-electron chi connectivity index (χ2n) is 8.65. The van der Waals surface area contributed by atoms with Gasteiger partial charge in [0.2, 0.25) is 0 Å². The highest BCUT2D eigenvalue weighted by Gasteiger charge is 2.37. The Bertz CT molecular complexity index is 1460. The minimum absolute atomic E-state index is 0.0451. The van der Waals surface area contributed by atoms with E-state index in [9.17, 15) is 31.1 Å². The largest absolute Gasteiger partial charge is 0.416 e. The Balaban J connectivity index is 1.74. The number of hydrogen-bond acceptors (Lipinski definition) is 5. The zero-order valence-electron chi connectivity index (χ0n) is 20.3. The summed E-state index contributed by atoms with van der Waals surface area (Å²) in [4.78, 5) is 22.9. The first-order valence-corrected chi connectivity index (χ1v) is 11.1. The highest BCUT2D eigenvalue weighted by Crippen LogP contribution is 2.37. The first kappa shape index (κ1) is 26.8. The lowest BCUT2D eigenvalue weighted by atomic mass is 9.96. The molecule has 0 bridgehead atoms. The minimum atomic E-state index is -5.00. The summed E-state index contributed by atoms with van der Waals surface area (Å²) >= 11 is 0. The number of aryl methyl sites for hydroxylation is 2. The van der Waals surface area contributed by atoms with Crippen LogP contribution in [0.2, 0.25) is 0 Å². The maximum atomic E-state index is 13.5. The molecule has 0 fully saturated rings. The Morgan fingerprint density at radius 1 is 0.921 bits per heavy atom. The molecule has 0 spiro atoms. The summed E-state index contributed by atoms with van der Waals surface area (Å²) < 4.78 is 84.9. The van der Waals surface area contributed by atoms with Gasteiger partial charge in [-0.2, -0.15) is 31.3 Å². The van der Waals surface area contributed by atoms with Crippen LogP contribution in [0.1, 0.15) is 38.4 Å². The molecule has 0 aliphatic carbocycles. The zero-order valence-corrected chi connectivity index (χ0v) is 20.3. The molecule has 1 amide bonds. The van der Waals surface area contributed by atoms with E-state index in [1.807, 2.05) is 19.1 Å². The molecule has 2 aromatic carbocycles. The second kappa shape index (κ2) is 9.92. The highest BCUT2D eigenvalue weighted by atomic mass is 19.4. The Labute approximate surface area is 212 Å². The van der Waals surface area contributed by atoms with Crippen molar-refractivity contribution >= 4 is 5.91 Å². The number of alkyl halides is 6. The Kier molecular flexibility index (Phi) is 7.00. The lowest BCUT2D eigenvalue weighted by Gasteiger charge is -2.21. The van der Waals surface area contributed by atoms with Crippen LogP contribution >= 0.6 is 0 Å². The average molecular weight is 534 g/mol. The molecule has 12 heteroatoms. The van der Waals surface area contributed by atoms with Crippen molar-refractivity contribution in [3.63, 3.8) is 0 Å². The number of carbonyl (C=O) groups excluding carboxylic acids is 1. The maximum absolute atomic E-state index is 13.5. The van der Waals surface area contributed by atoms with Crippen LogP contribution in [-0.2, 0) is 18.9 Å². The fourth-order valence-electron chi connectivity index (χ4n) is 3.90. The molecule has 0 atom stereocenters. The molecule has 0 aliphatic rings. The Morgan fingerprint density at radius 2 is 1.55 bits per heavy atom. The van der Waals surface area contributed by atoms with Gasteiger partial charge in [-0.1, -0.05) is 29.4 Å². The van der Waals surface area contributed by atoms with E-state index in [1.54, 1.807) is 25.1 Å². The summed E-state index contributed by atoms with van der Waals surface area (Å²) in [5, 5.41) is 3.73. The number of halogens is 6. The lowest BCUT2D eigenvalue weighted by Crippen LogP contribution is -2.27. The highest BCUT2D eigenvalue weighted by molar-refractivity contribution is 6.01. The third kappa shape index (κ3) is 5.68. The summed E-state index contributed by atoms with van der Waals surface area (Å²) in [6.07, 6.45) is -8.73. The van der Waals surface area contributed by atoms with Crippen LogP contribution in [-0.4, -0.2) is 33.0 Å². The Hall–Kier alpha value is -4.22. The molecular weight excluding hydrogens is 514 g/mol. The first-order chi connectivity index (χ1) is 17.7. The molecule has 198 valence electrons. The molecule has 6 nitrogen and oxygen atoms in total. The molecule has 2 aromatic heterocycles. The predicted octanol–water partition coefficient (Wildman–Crippen LogP) is 6.73. The second-order valence-corrected chi connectivity index (χ2v) is 8.65. The molecule has 0 radical (unpaired) electrons. The topological polar surface area (TPSA) is 72.1 Å². The third-order valence-electron chi connectivity index (χ3n) is 5.73. The van der Waals surface area contributed by atoms with Crippen LogP contribution in [0.25, 0.3) is 22.7 Å². The van der Waals surface area contributed by atoms with Gasteiger partial charge in [-0.15, -0.1) is 0 Å². The van der Waals surface area contributed by atoms with Gasteiger partial charge in [0.25, 0.3) is 11.8 Å². The molecular formula is C26H20F6N4O2. The van der Waals surface area contributed by atoms with E-state index in [4.69, 9.17) is 4.52 Å². The zero-order chi connectivity index (χ0) is 27.8. The number of benzene rings is 2. The fourth-order valence-corrected chi connectivity index (χ4v) is 3.90. The van der Waals surface area contributed by atoms with Crippen LogP contribution in [0.4, 0.5) is 26.3 Å². The van der Waals surface area contributed by atoms with Gasteiger partial charge in [0.05, 0.1) is 16.7 Å². The third-order valence-corrected chi connectivity index (χ3v) is 5.73. The van der Waals surface area contributed by atoms with Crippen molar-refractivity contribution in [1.82, 2.24) is 20.0 Å². The fraction of sp³-hybridized carbons (Fsp3) is 0.231. The molecule has 0 N–H and O–H groups in total. The van der Waals surface area contributed by atoms with Gasteiger partial charge in [0.15, 0.2) is 5.82 Å². The SMILES string of the molecule is Cc1noc(-c2cc(-c3ccccc3C)c(C(=O)N(C)Cc3cc(C(F)(F)F)cc(C(F)(F)F)c3)cn2)n1. The number of pyridine rings is 1. The van der Waals surface area contributed by atoms with E-state index < -0.39 is 35.9 Å². The van der Waals surface area contributed by atoms with Gasteiger partial charge in [-0.05, 0) is 60.4 Å². The summed E-state index contributed by atoms with van der Waals surface area (Å²) in [6, 6.07) is 9.98. The quantitative estimate of drug-likeness (QED) is 0.266. The molecule has 38 heavy (non-hydrogen) atoms. The van der Waals surface area contributed by atoms with Gasteiger partial charge in [-0.3, -0.25) is 9.78 Å². The molecule has 2 heterocycles. The van der Waals surface area contributed by atoms with Gasteiger partial charge < -0.3 is 9.42 Å². The number of aromatic nitrogens is 3. The maximum Gasteiger partial charge on any atom is 0.416 e. The van der Waals surface area contributed by atoms with Gasteiger partial charge in [0, 0.05) is 19.8 Å². The molecule has 0 saturated heterocycles. The van der Waals surface area contributed by atoms with Gasteiger partial charge >= 0.3 is 12.4 Å². The molecule has 0 aliphatic heterocycles. The summed E-state index contributed by atoms with van der Waals surface area (Å²) in [7, 11) is 1.28. The monoisotopic (exact) mass is 534 g/mol. The first-order valence-electron chi connectivity index (χ1n) is 11.1. The van der Waals surface area contributed by atoms with Crippen molar-refractivity contribution in [3.05, 3.63) is 88.4 Å². The summed E-state index contributed by atoms with van der Waals surface area (Å²) in [5.41, 5.74) is -0.944. The van der Waals surface area contributed by atoms with Crippen molar-refractivity contribution in [3.8, 4) is 22.7 Å². The van der Waals surface area contributed by atoms with E-state index in [1.165, 1.54) is 13.2 Å². The van der Waals surface area contributed by atoms with Gasteiger partial charge in [-0.25, -0.2) is 0 Å². The molecule has 0 saturated carbocycles. The van der Waals surface area contributed by atoms with Gasteiger partial charge in [0.1, 0.15) is 5.69 Å². The predicted molar refractivity (Wildman–Crippen MR) is 125 cm³/mol. The van der Waals surface area contributed by atoms with Crippen molar-refractivity contribution < 1.29 is 35.7 Å². The lowest BCUT2D eigenvalue weighted by molar-refractivity contribution is -0.143. The van der Waals surface area contributed by atoms with E-state index >= 15 is 0 Å². The van der Waals surface area contributed by atoms with Crippen LogP contribution in [0.5, 0.6) is 0 Å².